The Morgan fingerprint density at radius 3 is 2.03 bits per heavy atom. The van der Waals surface area contributed by atoms with E-state index in [0.717, 1.165) is 22.4 Å². The molecule has 0 aliphatic heterocycles. The molecular formula is C26H29N3O2. The third-order valence-electron chi connectivity index (χ3n) is 4.98. The average molecular weight is 416 g/mol. The van der Waals surface area contributed by atoms with Crippen molar-refractivity contribution in [1.29, 1.82) is 0 Å². The molecule has 0 fully saturated rings. The zero-order valence-corrected chi connectivity index (χ0v) is 18.0. The molecule has 0 saturated heterocycles. The smallest absolute Gasteiger partial charge is 0.238 e. The Hall–Kier alpha value is -3.44. The molecule has 0 saturated carbocycles. The van der Waals surface area contributed by atoms with Crippen LogP contribution in [0.2, 0.25) is 0 Å². The molecule has 3 aromatic rings. The summed E-state index contributed by atoms with van der Waals surface area (Å²) in [5.41, 5.74) is 4.10. The van der Waals surface area contributed by atoms with Crippen LogP contribution in [-0.4, -0.2) is 36.9 Å². The Balaban J connectivity index is 1.55. The Kier molecular flexibility index (Phi) is 7.96. The first-order valence-corrected chi connectivity index (χ1v) is 10.4. The first kappa shape index (κ1) is 22.2. The van der Waals surface area contributed by atoms with Gasteiger partial charge >= 0.3 is 0 Å². The van der Waals surface area contributed by atoms with Crippen LogP contribution in [0.1, 0.15) is 22.7 Å². The number of hydrogen-bond acceptors (Lipinski definition) is 3. The van der Waals surface area contributed by atoms with Crippen LogP contribution in [0.3, 0.4) is 0 Å². The molecular weight excluding hydrogens is 386 g/mol. The quantitative estimate of drug-likeness (QED) is 0.556. The Labute approximate surface area is 184 Å². The van der Waals surface area contributed by atoms with E-state index in [1.165, 1.54) is 0 Å². The van der Waals surface area contributed by atoms with Crippen LogP contribution in [0.5, 0.6) is 0 Å². The molecule has 5 heteroatoms. The second kappa shape index (κ2) is 11.1. The molecule has 0 spiro atoms. The Morgan fingerprint density at radius 2 is 1.39 bits per heavy atom. The highest BCUT2D eigenvalue weighted by molar-refractivity contribution is 5.92. The molecule has 0 radical (unpaired) electrons. The minimum absolute atomic E-state index is 0.115. The molecule has 2 N–H and O–H groups in total. The lowest BCUT2D eigenvalue weighted by Crippen LogP contribution is -2.40. The molecule has 0 aliphatic rings. The summed E-state index contributed by atoms with van der Waals surface area (Å²) in [5, 5.41) is 5.99. The summed E-state index contributed by atoms with van der Waals surface area (Å²) in [6.45, 7) is 2.27. The lowest BCUT2D eigenvalue weighted by molar-refractivity contribution is -0.123. The van der Waals surface area contributed by atoms with Gasteiger partial charge in [0, 0.05) is 5.69 Å². The van der Waals surface area contributed by atoms with Gasteiger partial charge in [-0.05, 0) is 43.7 Å². The predicted molar refractivity (Wildman–Crippen MR) is 125 cm³/mol. The van der Waals surface area contributed by atoms with Gasteiger partial charge in [-0.2, -0.15) is 0 Å². The van der Waals surface area contributed by atoms with Crippen LogP contribution in [0.15, 0.2) is 84.9 Å². The van der Waals surface area contributed by atoms with Gasteiger partial charge in [0.1, 0.15) is 0 Å². The standard InChI is InChI=1S/C26H29N3O2/c1-20-13-15-23(16-14-20)27-25(30)18-29(2)19-26(31)28-24(22-11-7-4-8-12-22)17-21-9-5-3-6-10-21/h3-16,24H,17-19H2,1-2H3,(H,27,30)(H,28,31)/t24-/m1/s1. The molecule has 0 aromatic heterocycles. The number of amides is 2. The molecule has 3 rings (SSSR count). The molecule has 3 aromatic carbocycles. The van der Waals surface area contributed by atoms with Gasteiger partial charge in [0.2, 0.25) is 11.8 Å². The summed E-state index contributed by atoms with van der Waals surface area (Å²) in [7, 11) is 1.77. The fraction of sp³-hybridized carbons (Fsp3) is 0.231. The number of carbonyl (C=O) groups is 2. The van der Waals surface area contributed by atoms with Gasteiger partial charge in [0.25, 0.3) is 0 Å². The van der Waals surface area contributed by atoms with Crippen molar-refractivity contribution < 1.29 is 9.59 Å². The van der Waals surface area contributed by atoms with Crippen molar-refractivity contribution in [2.75, 3.05) is 25.5 Å². The van der Waals surface area contributed by atoms with Gasteiger partial charge in [-0.25, -0.2) is 0 Å². The summed E-state index contributed by atoms with van der Waals surface area (Å²) in [5.74, 6) is -0.265. The largest absolute Gasteiger partial charge is 0.348 e. The van der Waals surface area contributed by atoms with Crippen LogP contribution < -0.4 is 10.6 Å². The summed E-state index contributed by atoms with van der Waals surface area (Å²) < 4.78 is 0. The topological polar surface area (TPSA) is 61.4 Å². The number of nitrogens with zero attached hydrogens (tertiary/aromatic N) is 1. The molecule has 1 atom stereocenters. The minimum Gasteiger partial charge on any atom is -0.348 e. The number of nitrogens with one attached hydrogen (secondary N) is 2. The molecule has 5 nitrogen and oxygen atoms in total. The monoisotopic (exact) mass is 415 g/mol. The fourth-order valence-corrected chi connectivity index (χ4v) is 3.41. The summed E-state index contributed by atoms with van der Waals surface area (Å²) in [6, 6.07) is 27.6. The normalized spacial score (nSPS) is 11.7. The number of aryl methyl sites for hydroxylation is 1. The van der Waals surface area contributed by atoms with Crippen LogP contribution >= 0.6 is 0 Å². The summed E-state index contributed by atoms with van der Waals surface area (Å²) in [6.07, 6.45) is 0.703. The van der Waals surface area contributed by atoms with Crippen molar-refractivity contribution in [3.05, 3.63) is 102 Å². The summed E-state index contributed by atoms with van der Waals surface area (Å²) in [4.78, 5) is 26.7. The maximum Gasteiger partial charge on any atom is 0.238 e. The Bertz CT molecular complexity index is 973. The second-order valence-corrected chi connectivity index (χ2v) is 7.81. The van der Waals surface area contributed by atoms with E-state index in [-0.39, 0.29) is 30.9 Å². The fourth-order valence-electron chi connectivity index (χ4n) is 3.41. The first-order chi connectivity index (χ1) is 15.0. The molecule has 0 aliphatic carbocycles. The molecule has 0 bridgehead atoms. The SMILES string of the molecule is Cc1ccc(NC(=O)CN(C)CC(=O)N[C@H](Cc2ccccc2)c2ccccc2)cc1. The predicted octanol–water partition coefficient (Wildman–Crippen LogP) is 3.97. The number of rotatable bonds is 9. The number of benzene rings is 3. The van der Waals surface area contributed by atoms with Crippen LogP contribution in [0.25, 0.3) is 0 Å². The van der Waals surface area contributed by atoms with Gasteiger partial charge in [0.05, 0.1) is 19.1 Å². The van der Waals surface area contributed by atoms with Gasteiger partial charge in [0.15, 0.2) is 0 Å². The van der Waals surface area contributed by atoms with Crippen molar-refractivity contribution in [2.45, 2.75) is 19.4 Å². The van der Waals surface area contributed by atoms with E-state index in [4.69, 9.17) is 0 Å². The maximum absolute atomic E-state index is 12.7. The number of anilines is 1. The molecule has 160 valence electrons. The van der Waals surface area contributed by atoms with Gasteiger partial charge in [-0.15, -0.1) is 0 Å². The van der Waals surface area contributed by atoms with Crippen LogP contribution in [-0.2, 0) is 16.0 Å². The lowest BCUT2D eigenvalue weighted by Gasteiger charge is -2.22. The first-order valence-electron chi connectivity index (χ1n) is 10.4. The van der Waals surface area contributed by atoms with E-state index < -0.39 is 0 Å². The zero-order valence-electron chi connectivity index (χ0n) is 18.0. The van der Waals surface area contributed by atoms with E-state index in [1.54, 1.807) is 11.9 Å². The highest BCUT2D eigenvalue weighted by atomic mass is 16.2. The highest BCUT2D eigenvalue weighted by Gasteiger charge is 2.17. The van der Waals surface area contributed by atoms with Crippen molar-refractivity contribution in [1.82, 2.24) is 10.2 Å². The average Bonchev–Trinajstić information content (AvgIpc) is 2.76. The van der Waals surface area contributed by atoms with E-state index in [0.29, 0.717) is 6.42 Å². The van der Waals surface area contributed by atoms with E-state index in [9.17, 15) is 9.59 Å². The van der Waals surface area contributed by atoms with E-state index in [2.05, 4.69) is 22.8 Å². The number of likely N-dealkylation sites (N-methyl/N-ethyl adjacent to an activating group) is 1. The Morgan fingerprint density at radius 1 is 0.806 bits per heavy atom. The lowest BCUT2D eigenvalue weighted by atomic mass is 9.99. The van der Waals surface area contributed by atoms with E-state index >= 15 is 0 Å². The third kappa shape index (κ3) is 7.39. The summed E-state index contributed by atoms with van der Waals surface area (Å²) >= 11 is 0. The molecule has 0 unspecified atom stereocenters. The van der Waals surface area contributed by atoms with Gasteiger partial charge in [-0.1, -0.05) is 78.4 Å². The van der Waals surface area contributed by atoms with Crippen LogP contribution in [0, 0.1) is 6.92 Å². The molecule has 2 amide bonds. The highest BCUT2D eigenvalue weighted by Crippen LogP contribution is 2.18. The second-order valence-electron chi connectivity index (χ2n) is 7.81. The third-order valence-corrected chi connectivity index (χ3v) is 4.98. The zero-order chi connectivity index (χ0) is 22.1. The van der Waals surface area contributed by atoms with E-state index in [1.807, 2.05) is 79.7 Å². The van der Waals surface area contributed by atoms with Crippen molar-refractivity contribution in [2.24, 2.45) is 0 Å². The number of carbonyl (C=O) groups excluding carboxylic acids is 2. The van der Waals surface area contributed by atoms with Crippen molar-refractivity contribution >= 4 is 17.5 Å². The molecule has 31 heavy (non-hydrogen) atoms. The maximum atomic E-state index is 12.7. The van der Waals surface area contributed by atoms with Gasteiger partial charge in [-0.3, -0.25) is 14.5 Å². The van der Waals surface area contributed by atoms with Crippen molar-refractivity contribution in [3.63, 3.8) is 0 Å². The van der Waals surface area contributed by atoms with Crippen molar-refractivity contribution in [3.8, 4) is 0 Å². The molecule has 0 heterocycles. The minimum atomic E-state index is -0.150. The number of hydrogen-bond donors (Lipinski definition) is 2. The van der Waals surface area contributed by atoms with Crippen LogP contribution in [0.4, 0.5) is 5.69 Å². The van der Waals surface area contributed by atoms with Gasteiger partial charge < -0.3 is 10.6 Å².